The highest BCUT2D eigenvalue weighted by molar-refractivity contribution is 7.22. The van der Waals surface area contributed by atoms with Crippen LogP contribution >= 0.6 is 11.3 Å². The maximum Gasteiger partial charge on any atom is 0.227 e. The summed E-state index contributed by atoms with van der Waals surface area (Å²) in [5, 5.41) is 3.46. The average Bonchev–Trinajstić information content (AvgIpc) is 3.17. The quantitative estimate of drug-likeness (QED) is 0.501. The molecule has 0 spiro atoms. The molecule has 0 unspecified atom stereocenters. The van der Waals surface area contributed by atoms with E-state index in [0.717, 1.165) is 42.4 Å². The minimum atomic E-state index is 0.208. The highest BCUT2D eigenvalue weighted by atomic mass is 32.1. The fourth-order valence-corrected chi connectivity index (χ4v) is 5.05. The van der Waals surface area contributed by atoms with Crippen LogP contribution in [0.5, 0.6) is 0 Å². The zero-order valence-corrected chi connectivity index (χ0v) is 17.3. The predicted octanol–water partition coefficient (Wildman–Crippen LogP) is 4.65. The first kappa shape index (κ1) is 18.1. The van der Waals surface area contributed by atoms with Crippen molar-refractivity contribution in [2.24, 2.45) is 0 Å². The molecule has 146 valence electrons. The van der Waals surface area contributed by atoms with Gasteiger partial charge < -0.3 is 9.80 Å². The summed E-state index contributed by atoms with van der Waals surface area (Å²) in [7, 11) is 0. The van der Waals surface area contributed by atoms with Crippen LogP contribution in [-0.4, -0.2) is 42.0 Å². The summed E-state index contributed by atoms with van der Waals surface area (Å²) in [5.41, 5.74) is 3.40. The second kappa shape index (κ2) is 7.48. The van der Waals surface area contributed by atoms with Gasteiger partial charge in [-0.15, -0.1) is 0 Å². The van der Waals surface area contributed by atoms with Crippen molar-refractivity contribution in [3.8, 4) is 0 Å². The number of hydrogen-bond donors (Lipinski definition) is 0. The number of aryl methyl sites for hydroxylation is 1. The van der Waals surface area contributed by atoms with Gasteiger partial charge in [-0.1, -0.05) is 59.9 Å². The van der Waals surface area contributed by atoms with Gasteiger partial charge >= 0.3 is 0 Å². The summed E-state index contributed by atoms with van der Waals surface area (Å²) < 4.78 is 1.23. The maximum absolute atomic E-state index is 12.8. The predicted molar refractivity (Wildman–Crippen MR) is 121 cm³/mol. The number of amides is 1. The van der Waals surface area contributed by atoms with Crippen LogP contribution < -0.4 is 4.90 Å². The first-order valence-corrected chi connectivity index (χ1v) is 10.8. The lowest BCUT2D eigenvalue weighted by atomic mass is 10.0. The van der Waals surface area contributed by atoms with Gasteiger partial charge in [-0.2, -0.15) is 0 Å². The number of aromatic nitrogens is 1. The fourth-order valence-electron chi connectivity index (χ4n) is 3.94. The standard InChI is InChI=1S/C24H23N3OS/c1-17-6-9-21-22(14-17)29-24(25-21)27-12-10-26(11-13-27)23(28)16-18-7-8-19-4-2-3-5-20(19)15-18/h2-9,14-15H,10-13,16H2,1H3. The van der Waals surface area contributed by atoms with Crippen LogP contribution in [-0.2, 0) is 11.2 Å². The lowest BCUT2D eigenvalue weighted by Crippen LogP contribution is -2.49. The summed E-state index contributed by atoms with van der Waals surface area (Å²) in [5.74, 6) is 0.208. The van der Waals surface area contributed by atoms with Crippen LogP contribution in [0, 0.1) is 6.92 Å². The lowest BCUT2D eigenvalue weighted by Gasteiger charge is -2.34. The van der Waals surface area contributed by atoms with Crippen molar-refractivity contribution < 1.29 is 4.79 Å². The van der Waals surface area contributed by atoms with Crippen molar-refractivity contribution in [1.29, 1.82) is 0 Å². The summed E-state index contributed by atoms with van der Waals surface area (Å²) >= 11 is 1.74. The minimum absolute atomic E-state index is 0.208. The molecular formula is C24H23N3OS. The molecule has 5 rings (SSSR count). The van der Waals surface area contributed by atoms with Crippen LogP contribution in [0.15, 0.2) is 60.7 Å². The average molecular weight is 402 g/mol. The van der Waals surface area contributed by atoms with Gasteiger partial charge in [-0.3, -0.25) is 4.79 Å². The molecule has 0 bridgehead atoms. The van der Waals surface area contributed by atoms with E-state index in [0.29, 0.717) is 6.42 Å². The highest BCUT2D eigenvalue weighted by Crippen LogP contribution is 2.30. The van der Waals surface area contributed by atoms with Crippen LogP contribution in [0.4, 0.5) is 5.13 Å². The molecule has 0 saturated carbocycles. The Morgan fingerprint density at radius 1 is 0.966 bits per heavy atom. The Balaban J connectivity index is 1.23. The number of hydrogen-bond acceptors (Lipinski definition) is 4. The highest BCUT2D eigenvalue weighted by Gasteiger charge is 2.23. The third kappa shape index (κ3) is 3.70. The molecule has 29 heavy (non-hydrogen) atoms. The molecule has 2 heterocycles. The first-order chi connectivity index (χ1) is 14.2. The van der Waals surface area contributed by atoms with Gasteiger partial charge in [0.2, 0.25) is 5.91 Å². The molecule has 0 atom stereocenters. The third-order valence-corrected chi connectivity index (χ3v) is 6.68. The summed E-state index contributed by atoms with van der Waals surface area (Å²) in [4.78, 5) is 21.9. The molecule has 1 amide bonds. The Hall–Kier alpha value is -2.92. The van der Waals surface area contributed by atoms with Crippen LogP contribution in [0.25, 0.3) is 21.0 Å². The van der Waals surface area contributed by atoms with E-state index >= 15 is 0 Å². The van der Waals surface area contributed by atoms with Crippen molar-refractivity contribution in [2.45, 2.75) is 13.3 Å². The Kier molecular flexibility index (Phi) is 4.68. The number of anilines is 1. The number of rotatable bonds is 3. The molecular weight excluding hydrogens is 378 g/mol. The van der Waals surface area contributed by atoms with Gasteiger partial charge in [0.1, 0.15) is 0 Å². The number of thiazole rings is 1. The SMILES string of the molecule is Cc1ccc2nc(N3CCN(C(=O)Cc4ccc5ccccc5c4)CC3)sc2c1. The van der Waals surface area contributed by atoms with E-state index < -0.39 is 0 Å². The number of piperazine rings is 1. The molecule has 4 nitrogen and oxygen atoms in total. The number of carbonyl (C=O) groups is 1. The zero-order valence-electron chi connectivity index (χ0n) is 16.5. The van der Waals surface area contributed by atoms with E-state index in [-0.39, 0.29) is 5.91 Å². The Morgan fingerprint density at radius 3 is 2.59 bits per heavy atom. The van der Waals surface area contributed by atoms with Crippen LogP contribution in [0.2, 0.25) is 0 Å². The smallest absolute Gasteiger partial charge is 0.227 e. The fraction of sp³-hybridized carbons (Fsp3) is 0.250. The van der Waals surface area contributed by atoms with Crippen LogP contribution in [0.3, 0.4) is 0 Å². The molecule has 3 aromatic carbocycles. The zero-order chi connectivity index (χ0) is 19.8. The second-order valence-electron chi connectivity index (χ2n) is 7.69. The summed E-state index contributed by atoms with van der Waals surface area (Å²) in [6.45, 7) is 5.28. The van der Waals surface area contributed by atoms with E-state index in [2.05, 4.69) is 60.4 Å². The monoisotopic (exact) mass is 401 g/mol. The van der Waals surface area contributed by atoms with Crippen molar-refractivity contribution in [2.75, 3.05) is 31.1 Å². The number of carbonyl (C=O) groups excluding carboxylic acids is 1. The first-order valence-electron chi connectivity index (χ1n) is 10.0. The van der Waals surface area contributed by atoms with E-state index in [4.69, 9.17) is 4.98 Å². The van der Waals surface area contributed by atoms with E-state index in [1.54, 1.807) is 11.3 Å². The number of nitrogens with zero attached hydrogens (tertiary/aromatic N) is 3. The van der Waals surface area contributed by atoms with Crippen molar-refractivity contribution in [3.63, 3.8) is 0 Å². The molecule has 1 aliphatic rings. The van der Waals surface area contributed by atoms with Gasteiger partial charge in [0.15, 0.2) is 5.13 Å². The van der Waals surface area contributed by atoms with E-state index in [9.17, 15) is 4.79 Å². The van der Waals surface area contributed by atoms with Gasteiger partial charge in [0.25, 0.3) is 0 Å². The van der Waals surface area contributed by atoms with Crippen molar-refractivity contribution >= 4 is 43.4 Å². The normalized spacial score (nSPS) is 14.7. The molecule has 5 heteroatoms. The third-order valence-electron chi connectivity index (χ3n) is 5.60. The molecule has 4 aromatic rings. The Morgan fingerprint density at radius 2 is 1.76 bits per heavy atom. The van der Waals surface area contributed by atoms with Gasteiger partial charge in [-0.05, 0) is 41.0 Å². The Labute approximate surface area is 174 Å². The molecule has 0 aliphatic carbocycles. The Bertz CT molecular complexity index is 1190. The topological polar surface area (TPSA) is 36.4 Å². The summed E-state index contributed by atoms with van der Waals surface area (Å²) in [6.07, 6.45) is 0.464. The lowest BCUT2D eigenvalue weighted by molar-refractivity contribution is -0.130. The van der Waals surface area contributed by atoms with E-state index in [1.165, 1.54) is 21.0 Å². The molecule has 1 saturated heterocycles. The summed E-state index contributed by atoms with van der Waals surface area (Å²) in [6, 6.07) is 21.0. The van der Waals surface area contributed by atoms with Gasteiger partial charge in [0.05, 0.1) is 16.6 Å². The van der Waals surface area contributed by atoms with E-state index in [1.807, 2.05) is 17.0 Å². The molecule has 0 radical (unpaired) electrons. The number of fused-ring (bicyclic) bond motifs is 2. The molecule has 1 aliphatic heterocycles. The van der Waals surface area contributed by atoms with Crippen molar-refractivity contribution in [3.05, 3.63) is 71.8 Å². The number of benzene rings is 3. The maximum atomic E-state index is 12.8. The van der Waals surface area contributed by atoms with Crippen LogP contribution in [0.1, 0.15) is 11.1 Å². The van der Waals surface area contributed by atoms with Crippen molar-refractivity contribution in [1.82, 2.24) is 9.88 Å². The van der Waals surface area contributed by atoms with Gasteiger partial charge in [0, 0.05) is 26.2 Å². The van der Waals surface area contributed by atoms with Gasteiger partial charge in [-0.25, -0.2) is 4.98 Å². The second-order valence-corrected chi connectivity index (χ2v) is 8.70. The molecule has 1 fully saturated rings. The minimum Gasteiger partial charge on any atom is -0.345 e. The largest absolute Gasteiger partial charge is 0.345 e. The molecule has 1 aromatic heterocycles. The molecule has 0 N–H and O–H groups in total.